The first kappa shape index (κ1) is 26.6. The molecule has 0 atom stereocenters. The van der Waals surface area contributed by atoms with Gasteiger partial charge in [-0.2, -0.15) is 28.6 Å². The molecule has 1 amide bonds. The highest BCUT2D eigenvalue weighted by Gasteiger charge is 2.51. The summed E-state index contributed by atoms with van der Waals surface area (Å²) in [7, 11) is 0. The van der Waals surface area contributed by atoms with Gasteiger partial charge in [0, 0.05) is 24.8 Å². The summed E-state index contributed by atoms with van der Waals surface area (Å²) in [5, 5.41) is 18.7. The number of nitrogens with zero attached hydrogens (tertiary/aromatic N) is 6. The van der Waals surface area contributed by atoms with Gasteiger partial charge in [-0.1, -0.05) is 18.2 Å². The zero-order valence-corrected chi connectivity index (χ0v) is 22.0. The van der Waals surface area contributed by atoms with E-state index < -0.39 is 17.3 Å². The van der Waals surface area contributed by atoms with E-state index in [4.69, 9.17) is 10.5 Å². The predicted octanol–water partition coefficient (Wildman–Crippen LogP) is 5.23. The molecule has 1 aromatic carbocycles. The molecule has 1 aliphatic heterocycles. The van der Waals surface area contributed by atoms with Crippen LogP contribution in [0.5, 0.6) is 0 Å². The molecule has 0 radical (unpaired) electrons. The summed E-state index contributed by atoms with van der Waals surface area (Å²) in [4.78, 5) is 14.2. The summed E-state index contributed by atoms with van der Waals surface area (Å²) >= 11 is 0. The number of rotatable bonds is 4. The molecule has 3 heterocycles. The van der Waals surface area contributed by atoms with Gasteiger partial charge in [0.1, 0.15) is 28.7 Å². The Labute approximate surface area is 223 Å². The van der Waals surface area contributed by atoms with Crippen LogP contribution in [0.2, 0.25) is 0 Å². The molecule has 1 aliphatic carbocycles. The monoisotopic (exact) mass is 541 g/mol. The minimum atomic E-state index is -4.48. The van der Waals surface area contributed by atoms with E-state index in [-0.39, 0.29) is 41.0 Å². The number of nitriles is 1. The van der Waals surface area contributed by atoms with Gasteiger partial charge in [-0.3, -0.25) is 4.68 Å². The SMILES string of the molecule is CC(C)(C)OC(=O)N1CCC2(CC(n3nc(-c4cnn(Cc5ccccc5C(F)(F)F)c4)c(C#N)c3N)C2)C1. The van der Waals surface area contributed by atoms with Crippen LogP contribution in [-0.2, 0) is 17.5 Å². The number of alkyl halides is 3. The maximum atomic E-state index is 13.4. The standard InChI is InChI=1S/C27H30F3N7O2/c1-25(2,3)39-24(38)35-9-8-26(16-35)10-19(11-26)37-23(32)20(12-31)22(34-37)18-13-33-36(15-18)14-17-6-4-5-7-21(17)27(28,29)30/h4-7,13,15,19H,8-11,14,16,32H2,1-3H3. The minimum Gasteiger partial charge on any atom is -0.444 e. The number of carbonyl (C=O) groups is 1. The van der Waals surface area contributed by atoms with Crippen LogP contribution in [0.4, 0.5) is 23.8 Å². The van der Waals surface area contributed by atoms with Gasteiger partial charge >= 0.3 is 12.3 Å². The fraction of sp³-hybridized carbons (Fsp3) is 0.481. The maximum absolute atomic E-state index is 13.4. The molecule has 2 aromatic heterocycles. The van der Waals surface area contributed by atoms with Crippen LogP contribution in [0.25, 0.3) is 11.3 Å². The van der Waals surface area contributed by atoms with Crippen molar-refractivity contribution in [2.24, 2.45) is 5.41 Å². The predicted molar refractivity (Wildman–Crippen MR) is 136 cm³/mol. The molecular formula is C27H30F3N7O2. The maximum Gasteiger partial charge on any atom is 0.416 e. The average Bonchev–Trinajstić information content (AvgIpc) is 3.54. The van der Waals surface area contributed by atoms with E-state index >= 15 is 0 Å². The Morgan fingerprint density at radius 2 is 1.97 bits per heavy atom. The summed E-state index contributed by atoms with van der Waals surface area (Å²) in [5.41, 5.74) is 6.14. The third-order valence-electron chi connectivity index (χ3n) is 7.39. The molecule has 2 fully saturated rings. The molecule has 206 valence electrons. The highest BCUT2D eigenvalue weighted by molar-refractivity contribution is 5.72. The first-order chi connectivity index (χ1) is 18.3. The Morgan fingerprint density at radius 3 is 2.64 bits per heavy atom. The second kappa shape index (κ2) is 9.32. The minimum absolute atomic E-state index is 0.0295. The molecule has 1 spiro atoms. The second-order valence-corrected chi connectivity index (χ2v) is 11.5. The number of aromatic nitrogens is 4. The molecule has 0 unspecified atom stereocenters. The van der Waals surface area contributed by atoms with Crippen LogP contribution < -0.4 is 5.73 Å². The lowest BCUT2D eigenvalue weighted by Gasteiger charge is -2.45. The van der Waals surface area contributed by atoms with E-state index in [1.807, 2.05) is 20.8 Å². The van der Waals surface area contributed by atoms with Crippen molar-refractivity contribution >= 4 is 11.9 Å². The van der Waals surface area contributed by atoms with Crippen LogP contribution in [0.15, 0.2) is 36.7 Å². The van der Waals surface area contributed by atoms with Crippen LogP contribution in [0.3, 0.4) is 0 Å². The molecular weight excluding hydrogens is 511 g/mol. The number of nitrogen functional groups attached to an aromatic ring is 1. The number of amides is 1. The summed E-state index contributed by atoms with van der Waals surface area (Å²) in [6.07, 6.45) is 0.626. The Bertz CT molecular complexity index is 1440. The van der Waals surface area contributed by atoms with Gasteiger partial charge in [0.15, 0.2) is 0 Å². The number of ether oxygens (including phenoxy) is 1. The number of carbonyl (C=O) groups excluding carboxylic acids is 1. The topological polar surface area (TPSA) is 115 Å². The molecule has 2 N–H and O–H groups in total. The highest BCUT2D eigenvalue weighted by atomic mass is 19.4. The van der Waals surface area contributed by atoms with E-state index in [1.165, 1.54) is 23.0 Å². The van der Waals surface area contributed by atoms with Crippen molar-refractivity contribution < 1.29 is 22.7 Å². The molecule has 12 heteroatoms. The van der Waals surface area contributed by atoms with Crippen LogP contribution in [-0.4, -0.2) is 49.2 Å². The van der Waals surface area contributed by atoms with Crippen molar-refractivity contribution in [2.75, 3.05) is 18.8 Å². The first-order valence-electron chi connectivity index (χ1n) is 12.7. The zero-order valence-electron chi connectivity index (χ0n) is 22.0. The Morgan fingerprint density at radius 1 is 1.26 bits per heavy atom. The van der Waals surface area contributed by atoms with Crippen molar-refractivity contribution in [2.45, 2.75) is 64.4 Å². The van der Waals surface area contributed by atoms with Crippen LogP contribution >= 0.6 is 0 Å². The van der Waals surface area contributed by atoms with Crippen LogP contribution in [0, 0.1) is 16.7 Å². The number of nitrogens with two attached hydrogens (primary N) is 1. The van der Waals surface area contributed by atoms with E-state index in [1.54, 1.807) is 21.8 Å². The lowest BCUT2D eigenvalue weighted by atomic mass is 9.65. The Kier molecular flexibility index (Phi) is 6.36. The normalized spacial score (nSPS) is 21.2. The van der Waals surface area contributed by atoms with Gasteiger partial charge in [-0.05, 0) is 57.1 Å². The Hall–Kier alpha value is -4.01. The average molecular weight is 542 g/mol. The van der Waals surface area contributed by atoms with Crippen molar-refractivity contribution in [3.8, 4) is 17.3 Å². The fourth-order valence-electron chi connectivity index (χ4n) is 5.58. The molecule has 5 rings (SSSR count). The fourth-order valence-corrected chi connectivity index (χ4v) is 5.58. The van der Waals surface area contributed by atoms with E-state index in [0.29, 0.717) is 24.3 Å². The molecule has 9 nitrogen and oxygen atoms in total. The quantitative estimate of drug-likeness (QED) is 0.484. The van der Waals surface area contributed by atoms with E-state index in [2.05, 4.69) is 16.3 Å². The smallest absolute Gasteiger partial charge is 0.416 e. The van der Waals surface area contributed by atoms with Crippen LogP contribution in [0.1, 0.15) is 62.8 Å². The molecule has 2 aliphatic rings. The summed E-state index contributed by atoms with van der Waals surface area (Å²) in [6.45, 7) is 6.66. The number of hydrogen-bond acceptors (Lipinski definition) is 6. The van der Waals surface area contributed by atoms with E-state index in [9.17, 15) is 23.2 Å². The molecule has 1 saturated heterocycles. The number of likely N-dealkylation sites (tertiary alicyclic amines) is 1. The number of benzene rings is 1. The lowest BCUT2D eigenvalue weighted by Crippen LogP contribution is -2.43. The second-order valence-electron chi connectivity index (χ2n) is 11.5. The van der Waals surface area contributed by atoms with Gasteiger partial charge in [0.05, 0.1) is 24.3 Å². The molecule has 39 heavy (non-hydrogen) atoms. The van der Waals surface area contributed by atoms with Crippen molar-refractivity contribution in [3.05, 3.63) is 53.3 Å². The molecule has 0 bridgehead atoms. The third-order valence-corrected chi connectivity index (χ3v) is 7.39. The van der Waals surface area contributed by atoms with Crippen molar-refractivity contribution in [1.29, 1.82) is 5.26 Å². The van der Waals surface area contributed by atoms with Gasteiger partial charge in [0.2, 0.25) is 0 Å². The van der Waals surface area contributed by atoms with Gasteiger partial charge in [-0.15, -0.1) is 0 Å². The summed E-state index contributed by atoms with van der Waals surface area (Å²) in [6, 6.07) is 7.44. The summed E-state index contributed by atoms with van der Waals surface area (Å²) < 4.78 is 48.8. The van der Waals surface area contributed by atoms with Gasteiger partial charge in [0.25, 0.3) is 0 Å². The number of hydrogen-bond donors (Lipinski definition) is 1. The molecule has 1 saturated carbocycles. The van der Waals surface area contributed by atoms with Crippen molar-refractivity contribution in [3.63, 3.8) is 0 Å². The summed E-state index contributed by atoms with van der Waals surface area (Å²) in [5.74, 6) is 0.240. The van der Waals surface area contributed by atoms with Gasteiger partial charge in [-0.25, -0.2) is 9.48 Å². The molecule has 3 aromatic rings. The number of anilines is 1. The van der Waals surface area contributed by atoms with Crippen molar-refractivity contribution in [1.82, 2.24) is 24.5 Å². The largest absolute Gasteiger partial charge is 0.444 e. The highest BCUT2D eigenvalue weighted by Crippen LogP contribution is 2.55. The third kappa shape index (κ3) is 5.17. The lowest BCUT2D eigenvalue weighted by molar-refractivity contribution is -0.138. The zero-order chi connectivity index (χ0) is 28.2. The first-order valence-corrected chi connectivity index (χ1v) is 12.7. The Balaban J connectivity index is 1.31. The van der Waals surface area contributed by atoms with Gasteiger partial charge < -0.3 is 15.4 Å². The van der Waals surface area contributed by atoms with E-state index in [0.717, 1.165) is 25.3 Å². The number of halogens is 3.